The van der Waals surface area contributed by atoms with E-state index in [9.17, 15) is 0 Å². The standard InChI is InChI=1S/C17H31ClN4O/c1-7-23-16(13(2)3)8-9-20-17(19-4)22(6)12-15-10-14(18)11-21(15)5/h10-11,13,16H,7-9,12H2,1-6H3,(H,19,20). The second kappa shape index (κ2) is 9.83. The van der Waals surface area contributed by atoms with Crippen molar-refractivity contribution in [2.75, 3.05) is 27.2 Å². The second-order valence-corrected chi connectivity index (χ2v) is 6.55. The molecule has 0 aliphatic rings. The fraction of sp³-hybridized carbons (Fsp3) is 0.706. The molecule has 132 valence electrons. The van der Waals surface area contributed by atoms with Crippen LogP contribution in [0.25, 0.3) is 0 Å². The van der Waals surface area contributed by atoms with Crippen LogP contribution in [-0.2, 0) is 18.3 Å². The molecule has 0 aromatic carbocycles. The van der Waals surface area contributed by atoms with Crippen LogP contribution in [0.15, 0.2) is 17.3 Å². The summed E-state index contributed by atoms with van der Waals surface area (Å²) in [6.07, 6.45) is 3.16. The average Bonchev–Trinajstić information content (AvgIpc) is 2.79. The number of nitrogens with one attached hydrogen (secondary N) is 1. The lowest BCUT2D eigenvalue weighted by Gasteiger charge is -2.25. The highest BCUT2D eigenvalue weighted by atomic mass is 35.5. The van der Waals surface area contributed by atoms with E-state index in [1.807, 2.05) is 37.8 Å². The summed E-state index contributed by atoms with van der Waals surface area (Å²) in [6, 6.07) is 1.98. The molecule has 0 spiro atoms. The molecule has 0 aliphatic heterocycles. The van der Waals surface area contributed by atoms with Crippen molar-refractivity contribution in [3.8, 4) is 0 Å². The predicted molar refractivity (Wildman–Crippen MR) is 98.1 cm³/mol. The molecule has 1 aromatic rings. The number of aromatic nitrogens is 1. The lowest BCUT2D eigenvalue weighted by molar-refractivity contribution is 0.0257. The van der Waals surface area contributed by atoms with Gasteiger partial charge in [-0.1, -0.05) is 25.4 Å². The van der Waals surface area contributed by atoms with Gasteiger partial charge in [-0.3, -0.25) is 4.99 Å². The molecule has 1 aromatic heterocycles. The maximum absolute atomic E-state index is 6.04. The number of nitrogens with zero attached hydrogens (tertiary/aromatic N) is 3. The summed E-state index contributed by atoms with van der Waals surface area (Å²) in [6.45, 7) is 8.78. The van der Waals surface area contributed by atoms with Crippen molar-refractivity contribution >= 4 is 17.6 Å². The van der Waals surface area contributed by atoms with Crippen molar-refractivity contribution in [1.29, 1.82) is 0 Å². The number of aryl methyl sites for hydroxylation is 1. The van der Waals surface area contributed by atoms with Crippen LogP contribution >= 0.6 is 11.6 Å². The molecular formula is C17H31ClN4O. The molecule has 0 fully saturated rings. The Labute approximate surface area is 145 Å². The summed E-state index contributed by atoms with van der Waals surface area (Å²) in [5, 5.41) is 4.17. The molecular weight excluding hydrogens is 312 g/mol. The molecule has 0 bridgehead atoms. The number of rotatable bonds is 8. The van der Waals surface area contributed by atoms with E-state index in [0.29, 0.717) is 5.92 Å². The van der Waals surface area contributed by atoms with Crippen LogP contribution in [0.5, 0.6) is 0 Å². The lowest BCUT2D eigenvalue weighted by Crippen LogP contribution is -2.40. The molecule has 0 amide bonds. The van der Waals surface area contributed by atoms with E-state index in [-0.39, 0.29) is 6.10 Å². The molecule has 6 heteroatoms. The third kappa shape index (κ3) is 6.43. The summed E-state index contributed by atoms with van der Waals surface area (Å²) in [5.41, 5.74) is 1.15. The van der Waals surface area contributed by atoms with E-state index < -0.39 is 0 Å². The van der Waals surface area contributed by atoms with Crippen molar-refractivity contribution < 1.29 is 4.74 Å². The Morgan fingerprint density at radius 3 is 2.65 bits per heavy atom. The van der Waals surface area contributed by atoms with Gasteiger partial charge in [-0.15, -0.1) is 0 Å². The summed E-state index contributed by atoms with van der Waals surface area (Å²) in [4.78, 5) is 6.45. The first-order valence-corrected chi connectivity index (χ1v) is 8.60. The highest BCUT2D eigenvalue weighted by Crippen LogP contribution is 2.14. The molecule has 1 N–H and O–H groups in total. The summed E-state index contributed by atoms with van der Waals surface area (Å²) in [7, 11) is 5.83. The van der Waals surface area contributed by atoms with Crippen molar-refractivity contribution in [2.24, 2.45) is 18.0 Å². The Morgan fingerprint density at radius 1 is 1.48 bits per heavy atom. The largest absolute Gasteiger partial charge is 0.378 e. The summed E-state index contributed by atoms with van der Waals surface area (Å²) in [5.74, 6) is 1.39. The second-order valence-electron chi connectivity index (χ2n) is 6.12. The van der Waals surface area contributed by atoms with Crippen LogP contribution < -0.4 is 5.32 Å². The van der Waals surface area contributed by atoms with Crippen LogP contribution in [0.3, 0.4) is 0 Å². The van der Waals surface area contributed by atoms with Crippen molar-refractivity contribution in [2.45, 2.75) is 39.8 Å². The molecule has 0 saturated carbocycles. The number of hydrogen-bond acceptors (Lipinski definition) is 2. The SMILES string of the molecule is CCOC(CCNC(=NC)N(C)Cc1cc(Cl)cn1C)C(C)C. The first-order chi connectivity index (χ1) is 10.9. The van der Waals surface area contributed by atoms with Crippen LogP contribution in [0.2, 0.25) is 5.02 Å². The van der Waals surface area contributed by atoms with Gasteiger partial charge in [0.2, 0.25) is 0 Å². The topological polar surface area (TPSA) is 41.8 Å². The first kappa shape index (κ1) is 19.8. The number of aliphatic imine (C=N–C) groups is 1. The van der Waals surface area contributed by atoms with Gasteiger partial charge >= 0.3 is 0 Å². The van der Waals surface area contributed by atoms with Crippen LogP contribution in [0.1, 0.15) is 32.9 Å². The predicted octanol–water partition coefficient (Wildman–Crippen LogP) is 3.14. The molecule has 1 heterocycles. The minimum atomic E-state index is 0.280. The molecule has 5 nitrogen and oxygen atoms in total. The maximum atomic E-state index is 6.04. The maximum Gasteiger partial charge on any atom is 0.193 e. The van der Waals surface area contributed by atoms with E-state index in [2.05, 4.69) is 29.1 Å². The fourth-order valence-electron chi connectivity index (χ4n) is 2.58. The monoisotopic (exact) mass is 342 g/mol. The Morgan fingerprint density at radius 2 is 2.17 bits per heavy atom. The molecule has 23 heavy (non-hydrogen) atoms. The zero-order valence-electron chi connectivity index (χ0n) is 15.3. The van der Waals surface area contributed by atoms with Gasteiger partial charge in [0.05, 0.1) is 17.7 Å². The van der Waals surface area contributed by atoms with Gasteiger partial charge in [-0.05, 0) is 25.3 Å². The zero-order valence-corrected chi connectivity index (χ0v) is 16.0. The van der Waals surface area contributed by atoms with Crippen molar-refractivity contribution in [3.05, 3.63) is 23.0 Å². The average molecular weight is 343 g/mol. The summed E-state index contributed by atoms with van der Waals surface area (Å²) < 4.78 is 7.82. The molecule has 0 radical (unpaired) electrons. The minimum Gasteiger partial charge on any atom is -0.378 e. The van der Waals surface area contributed by atoms with E-state index in [1.165, 1.54) is 0 Å². The molecule has 1 rings (SSSR count). The number of halogens is 1. The zero-order chi connectivity index (χ0) is 17.4. The summed E-state index contributed by atoms with van der Waals surface area (Å²) >= 11 is 6.04. The lowest BCUT2D eigenvalue weighted by atomic mass is 10.0. The number of ether oxygens (including phenoxy) is 1. The molecule has 0 aliphatic carbocycles. The van der Waals surface area contributed by atoms with Gasteiger partial charge in [-0.2, -0.15) is 0 Å². The van der Waals surface area contributed by atoms with Gasteiger partial charge < -0.3 is 19.5 Å². The van der Waals surface area contributed by atoms with Crippen molar-refractivity contribution in [1.82, 2.24) is 14.8 Å². The quantitative estimate of drug-likeness (QED) is 0.583. The third-order valence-corrected chi connectivity index (χ3v) is 4.09. The Bertz CT molecular complexity index is 499. The Balaban J connectivity index is 2.51. The van der Waals surface area contributed by atoms with Gasteiger partial charge in [0.1, 0.15) is 0 Å². The normalized spacial score (nSPS) is 13.5. The van der Waals surface area contributed by atoms with E-state index >= 15 is 0 Å². The van der Waals surface area contributed by atoms with Gasteiger partial charge in [-0.25, -0.2) is 0 Å². The van der Waals surface area contributed by atoms with Gasteiger partial charge in [0.15, 0.2) is 5.96 Å². The van der Waals surface area contributed by atoms with Gasteiger partial charge in [0.25, 0.3) is 0 Å². The van der Waals surface area contributed by atoms with Crippen LogP contribution in [0.4, 0.5) is 0 Å². The number of guanidine groups is 1. The van der Waals surface area contributed by atoms with Crippen molar-refractivity contribution in [3.63, 3.8) is 0 Å². The fourth-order valence-corrected chi connectivity index (χ4v) is 2.85. The van der Waals surface area contributed by atoms with E-state index in [1.54, 1.807) is 7.05 Å². The highest BCUT2D eigenvalue weighted by Gasteiger charge is 2.14. The molecule has 1 unspecified atom stereocenters. The van der Waals surface area contributed by atoms with Gasteiger partial charge in [0, 0.05) is 46.2 Å². The van der Waals surface area contributed by atoms with Crippen LogP contribution in [-0.4, -0.2) is 48.8 Å². The van der Waals surface area contributed by atoms with E-state index in [4.69, 9.17) is 16.3 Å². The minimum absolute atomic E-state index is 0.280. The smallest absolute Gasteiger partial charge is 0.193 e. The third-order valence-electron chi connectivity index (χ3n) is 3.88. The Hall–Kier alpha value is -1.20. The Kier molecular flexibility index (Phi) is 8.48. The highest BCUT2D eigenvalue weighted by molar-refractivity contribution is 6.30. The van der Waals surface area contributed by atoms with Crippen LogP contribution in [0, 0.1) is 5.92 Å². The first-order valence-electron chi connectivity index (χ1n) is 8.23. The number of hydrogen-bond donors (Lipinski definition) is 1. The van der Waals surface area contributed by atoms with E-state index in [0.717, 1.165) is 42.8 Å². The molecule has 1 atom stereocenters. The molecule has 0 saturated heterocycles.